The van der Waals surface area contributed by atoms with Crippen LogP contribution in [0.1, 0.15) is 46.6 Å². The maximum Gasteiger partial charge on any atom is 0.408 e. The Morgan fingerprint density at radius 2 is 1.72 bits per heavy atom. The molecular formula is C15H23NO2. The Hall–Kier alpha value is -1.51. The van der Waals surface area contributed by atoms with Crippen molar-refractivity contribution >= 4 is 6.09 Å². The highest BCUT2D eigenvalue weighted by molar-refractivity contribution is 5.69. The Morgan fingerprint density at radius 3 is 2.17 bits per heavy atom. The first-order valence-electron chi connectivity index (χ1n) is 6.33. The van der Waals surface area contributed by atoms with Gasteiger partial charge in [0.05, 0.1) is 5.54 Å². The van der Waals surface area contributed by atoms with Gasteiger partial charge in [0.25, 0.3) is 0 Å². The monoisotopic (exact) mass is 249 g/mol. The van der Waals surface area contributed by atoms with Crippen LogP contribution in [0.25, 0.3) is 0 Å². The lowest BCUT2D eigenvalue weighted by Gasteiger charge is -2.31. The van der Waals surface area contributed by atoms with Crippen molar-refractivity contribution < 1.29 is 9.53 Å². The average Bonchev–Trinajstić information content (AvgIpc) is 2.27. The lowest BCUT2D eigenvalue weighted by Crippen LogP contribution is -2.45. The lowest BCUT2D eigenvalue weighted by atomic mass is 9.89. The summed E-state index contributed by atoms with van der Waals surface area (Å²) in [6, 6.07) is 9.94. The van der Waals surface area contributed by atoms with Gasteiger partial charge in [0.1, 0.15) is 5.60 Å². The van der Waals surface area contributed by atoms with Crippen molar-refractivity contribution in [3.8, 4) is 0 Å². The summed E-state index contributed by atoms with van der Waals surface area (Å²) >= 11 is 0. The number of carbonyl (C=O) groups excluding carboxylic acids is 1. The van der Waals surface area contributed by atoms with Crippen molar-refractivity contribution in [2.45, 2.75) is 52.2 Å². The molecule has 0 saturated carbocycles. The number of alkyl carbamates (subject to hydrolysis) is 1. The van der Waals surface area contributed by atoms with Gasteiger partial charge in [-0.15, -0.1) is 0 Å². The molecule has 0 bridgehead atoms. The summed E-state index contributed by atoms with van der Waals surface area (Å²) in [7, 11) is 0. The Labute approximate surface area is 110 Å². The molecule has 1 rings (SSSR count). The van der Waals surface area contributed by atoms with Crippen molar-refractivity contribution in [1.82, 2.24) is 5.32 Å². The third-order valence-corrected chi connectivity index (χ3v) is 2.89. The van der Waals surface area contributed by atoms with Gasteiger partial charge in [0, 0.05) is 0 Å². The highest BCUT2D eigenvalue weighted by Gasteiger charge is 2.28. The van der Waals surface area contributed by atoms with E-state index in [1.54, 1.807) is 0 Å². The fourth-order valence-electron chi connectivity index (χ4n) is 1.70. The Morgan fingerprint density at radius 1 is 1.17 bits per heavy atom. The molecule has 0 fully saturated rings. The first-order chi connectivity index (χ1) is 8.27. The molecule has 1 N–H and O–H groups in total. The first-order valence-corrected chi connectivity index (χ1v) is 6.33. The molecule has 18 heavy (non-hydrogen) atoms. The van der Waals surface area contributed by atoms with Gasteiger partial charge < -0.3 is 10.1 Å². The first kappa shape index (κ1) is 14.6. The molecule has 0 radical (unpaired) electrons. The molecule has 0 aliphatic rings. The van der Waals surface area contributed by atoms with Crippen LogP contribution < -0.4 is 5.32 Å². The van der Waals surface area contributed by atoms with Gasteiger partial charge in [0.15, 0.2) is 0 Å². The maximum absolute atomic E-state index is 11.9. The number of ether oxygens (including phenoxy) is 1. The van der Waals surface area contributed by atoms with Crippen LogP contribution in [0, 0.1) is 0 Å². The van der Waals surface area contributed by atoms with Crippen LogP contribution in [-0.2, 0) is 10.3 Å². The number of hydrogen-bond acceptors (Lipinski definition) is 2. The van der Waals surface area contributed by atoms with Gasteiger partial charge in [-0.2, -0.15) is 0 Å². The highest BCUT2D eigenvalue weighted by Crippen LogP contribution is 2.24. The number of benzene rings is 1. The topological polar surface area (TPSA) is 38.3 Å². The number of rotatable bonds is 3. The zero-order valence-corrected chi connectivity index (χ0v) is 11.9. The molecular weight excluding hydrogens is 226 g/mol. The van der Waals surface area contributed by atoms with Gasteiger partial charge >= 0.3 is 6.09 Å². The lowest BCUT2D eigenvalue weighted by molar-refractivity contribution is 0.0458. The van der Waals surface area contributed by atoms with E-state index in [9.17, 15) is 4.79 Å². The van der Waals surface area contributed by atoms with Crippen molar-refractivity contribution in [2.75, 3.05) is 0 Å². The van der Waals surface area contributed by atoms with E-state index in [0.29, 0.717) is 0 Å². The second-order valence-corrected chi connectivity index (χ2v) is 5.68. The minimum absolute atomic E-state index is 0.379. The van der Waals surface area contributed by atoms with Crippen LogP contribution in [0.3, 0.4) is 0 Å². The maximum atomic E-state index is 11.9. The fourth-order valence-corrected chi connectivity index (χ4v) is 1.70. The van der Waals surface area contributed by atoms with E-state index in [-0.39, 0.29) is 6.09 Å². The smallest absolute Gasteiger partial charge is 0.408 e. The second kappa shape index (κ2) is 5.42. The normalized spacial score (nSPS) is 14.7. The second-order valence-electron chi connectivity index (χ2n) is 5.68. The summed E-state index contributed by atoms with van der Waals surface area (Å²) in [6.45, 7) is 9.63. The molecule has 0 heterocycles. The van der Waals surface area contributed by atoms with Gasteiger partial charge in [-0.3, -0.25) is 0 Å². The van der Waals surface area contributed by atoms with Crippen LogP contribution in [0.5, 0.6) is 0 Å². The van der Waals surface area contributed by atoms with E-state index in [2.05, 4.69) is 5.32 Å². The van der Waals surface area contributed by atoms with Crippen LogP contribution >= 0.6 is 0 Å². The fraction of sp³-hybridized carbons (Fsp3) is 0.533. The summed E-state index contributed by atoms with van der Waals surface area (Å²) in [5.74, 6) is 0. The van der Waals surface area contributed by atoms with E-state index in [4.69, 9.17) is 4.74 Å². The summed E-state index contributed by atoms with van der Waals surface area (Å²) in [6.07, 6.45) is 0.423. The Balaban J connectivity index is 2.81. The quantitative estimate of drug-likeness (QED) is 0.884. The van der Waals surface area contributed by atoms with Crippen molar-refractivity contribution in [3.63, 3.8) is 0 Å². The highest BCUT2D eigenvalue weighted by atomic mass is 16.6. The molecule has 0 spiro atoms. The van der Waals surface area contributed by atoms with E-state index >= 15 is 0 Å². The Kier molecular flexibility index (Phi) is 4.38. The molecule has 1 aromatic rings. The minimum atomic E-state index is -0.477. The number of carbonyl (C=O) groups is 1. The molecule has 3 nitrogen and oxygen atoms in total. The average molecular weight is 249 g/mol. The predicted octanol–water partition coefficient (Wildman–Crippen LogP) is 3.84. The molecule has 0 aliphatic heterocycles. The van der Waals surface area contributed by atoms with Crippen LogP contribution in [0.4, 0.5) is 4.79 Å². The van der Waals surface area contributed by atoms with E-state index in [0.717, 1.165) is 12.0 Å². The summed E-state index contributed by atoms with van der Waals surface area (Å²) in [4.78, 5) is 11.9. The van der Waals surface area contributed by atoms with Crippen molar-refractivity contribution in [1.29, 1.82) is 0 Å². The Bertz CT molecular complexity index is 395. The number of amides is 1. The van der Waals surface area contributed by atoms with E-state index in [1.807, 2.05) is 65.0 Å². The number of hydrogen-bond donors (Lipinski definition) is 1. The number of nitrogens with one attached hydrogen (secondary N) is 1. The van der Waals surface area contributed by atoms with E-state index < -0.39 is 11.1 Å². The van der Waals surface area contributed by atoms with E-state index in [1.165, 1.54) is 0 Å². The van der Waals surface area contributed by atoms with Gasteiger partial charge in [0.2, 0.25) is 0 Å². The van der Waals surface area contributed by atoms with Crippen molar-refractivity contribution in [2.24, 2.45) is 0 Å². The molecule has 0 aromatic heterocycles. The predicted molar refractivity (Wildman–Crippen MR) is 73.5 cm³/mol. The molecule has 1 amide bonds. The largest absolute Gasteiger partial charge is 0.444 e. The van der Waals surface area contributed by atoms with Gasteiger partial charge in [-0.1, -0.05) is 37.3 Å². The zero-order chi connectivity index (χ0) is 13.8. The SMILES string of the molecule is CCC(C)(NC(=O)OC(C)(C)C)c1ccccc1. The zero-order valence-electron chi connectivity index (χ0n) is 11.9. The molecule has 100 valence electrons. The molecule has 1 aromatic carbocycles. The summed E-state index contributed by atoms with van der Waals surface area (Å²) in [5, 5.41) is 2.95. The van der Waals surface area contributed by atoms with Crippen LogP contribution in [0.2, 0.25) is 0 Å². The van der Waals surface area contributed by atoms with Crippen molar-refractivity contribution in [3.05, 3.63) is 35.9 Å². The van der Waals surface area contributed by atoms with Gasteiger partial charge in [-0.25, -0.2) is 4.79 Å². The molecule has 1 atom stereocenters. The standard InChI is InChI=1S/C15H23NO2/c1-6-15(5,12-10-8-7-9-11-12)16-13(17)18-14(2,3)4/h7-11H,6H2,1-5H3,(H,16,17). The summed E-state index contributed by atoms with van der Waals surface area (Å²) < 4.78 is 5.31. The molecule has 0 saturated heterocycles. The van der Waals surface area contributed by atoms with Gasteiger partial charge in [-0.05, 0) is 39.7 Å². The molecule has 3 heteroatoms. The third kappa shape index (κ3) is 4.06. The minimum Gasteiger partial charge on any atom is -0.444 e. The molecule has 1 unspecified atom stereocenters. The summed E-state index contributed by atoms with van der Waals surface area (Å²) in [5.41, 5.74) is 0.206. The molecule has 0 aliphatic carbocycles. The van der Waals surface area contributed by atoms with Crippen LogP contribution in [0.15, 0.2) is 30.3 Å². The van der Waals surface area contributed by atoms with Crippen LogP contribution in [-0.4, -0.2) is 11.7 Å². The third-order valence-electron chi connectivity index (χ3n) is 2.89.